The summed E-state index contributed by atoms with van der Waals surface area (Å²) in [5, 5.41) is 12.9. The molecule has 0 radical (unpaired) electrons. The largest absolute Gasteiger partial charge is 0.467 e. The molecule has 0 aliphatic heterocycles. The highest BCUT2D eigenvalue weighted by Gasteiger charge is 2.17. The van der Waals surface area contributed by atoms with E-state index in [-0.39, 0.29) is 11.7 Å². The van der Waals surface area contributed by atoms with Crippen LogP contribution in [0.1, 0.15) is 16.9 Å². The van der Waals surface area contributed by atoms with Gasteiger partial charge in [-0.1, -0.05) is 53.2 Å². The van der Waals surface area contributed by atoms with Crippen LogP contribution in [0.2, 0.25) is 5.02 Å². The molecule has 4 aromatic rings. The van der Waals surface area contributed by atoms with E-state index in [0.717, 1.165) is 28.1 Å². The topological polar surface area (TPSA) is 73.0 Å². The molecular formula is C23H21ClN4O2S. The second kappa shape index (κ2) is 9.41. The lowest BCUT2D eigenvalue weighted by molar-refractivity contribution is -0.113. The van der Waals surface area contributed by atoms with Crippen LogP contribution in [0, 0.1) is 13.8 Å². The van der Waals surface area contributed by atoms with Crippen LogP contribution in [0.3, 0.4) is 0 Å². The van der Waals surface area contributed by atoms with Crippen molar-refractivity contribution >= 4 is 35.0 Å². The van der Waals surface area contributed by atoms with Gasteiger partial charge in [0.2, 0.25) is 5.91 Å². The van der Waals surface area contributed by atoms with Crippen molar-refractivity contribution in [3.8, 4) is 11.4 Å². The van der Waals surface area contributed by atoms with E-state index in [4.69, 9.17) is 16.0 Å². The maximum absolute atomic E-state index is 12.5. The minimum Gasteiger partial charge on any atom is -0.467 e. The molecule has 0 saturated carbocycles. The minimum atomic E-state index is -0.103. The SMILES string of the molecule is Cc1ccc(NC(=O)CSc2nnc(-c3cccc(Cl)c3)n2Cc2ccco2)c(C)c1. The van der Waals surface area contributed by atoms with Gasteiger partial charge in [-0.2, -0.15) is 0 Å². The molecule has 31 heavy (non-hydrogen) atoms. The van der Waals surface area contributed by atoms with Crippen molar-refractivity contribution in [2.75, 3.05) is 11.1 Å². The van der Waals surface area contributed by atoms with Gasteiger partial charge in [0.15, 0.2) is 11.0 Å². The van der Waals surface area contributed by atoms with Gasteiger partial charge < -0.3 is 9.73 Å². The number of anilines is 1. The highest BCUT2D eigenvalue weighted by molar-refractivity contribution is 7.99. The molecule has 0 fully saturated rings. The molecule has 2 heterocycles. The van der Waals surface area contributed by atoms with Crippen LogP contribution in [0.4, 0.5) is 5.69 Å². The number of carbonyl (C=O) groups excluding carboxylic acids is 1. The molecule has 0 unspecified atom stereocenters. The van der Waals surface area contributed by atoms with Crippen molar-refractivity contribution in [3.05, 3.63) is 82.8 Å². The van der Waals surface area contributed by atoms with E-state index < -0.39 is 0 Å². The Bertz CT molecular complexity index is 1200. The fourth-order valence-corrected chi connectivity index (χ4v) is 4.14. The molecule has 8 heteroatoms. The number of thioether (sulfide) groups is 1. The fraction of sp³-hybridized carbons (Fsp3) is 0.174. The summed E-state index contributed by atoms with van der Waals surface area (Å²) in [6.45, 7) is 4.45. The Morgan fingerprint density at radius 3 is 2.74 bits per heavy atom. The summed E-state index contributed by atoms with van der Waals surface area (Å²) in [6, 6.07) is 17.1. The monoisotopic (exact) mass is 452 g/mol. The highest BCUT2D eigenvalue weighted by atomic mass is 35.5. The Hall–Kier alpha value is -3.03. The molecule has 0 spiro atoms. The Morgan fingerprint density at radius 1 is 1.13 bits per heavy atom. The maximum atomic E-state index is 12.5. The number of hydrogen-bond donors (Lipinski definition) is 1. The molecule has 0 aliphatic rings. The van der Waals surface area contributed by atoms with Crippen molar-refractivity contribution in [2.45, 2.75) is 25.5 Å². The first-order valence-electron chi connectivity index (χ1n) is 9.71. The predicted octanol–water partition coefficient (Wildman–Crippen LogP) is 5.59. The van der Waals surface area contributed by atoms with Gasteiger partial charge in [0, 0.05) is 16.3 Å². The Labute approximate surface area is 189 Å². The van der Waals surface area contributed by atoms with Gasteiger partial charge in [-0.05, 0) is 49.7 Å². The van der Waals surface area contributed by atoms with Crippen molar-refractivity contribution in [3.63, 3.8) is 0 Å². The van der Waals surface area contributed by atoms with Gasteiger partial charge in [0.25, 0.3) is 0 Å². The Kier molecular flexibility index (Phi) is 6.44. The third kappa shape index (κ3) is 5.18. The number of rotatable bonds is 7. The maximum Gasteiger partial charge on any atom is 0.234 e. The van der Waals surface area contributed by atoms with Crippen LogP contribution in [-0.4, -0.2) is 26.4 Å². The van der Waals surface area contributed by atoms with E-state index in [9.17, 15) is 4.79 Å². The summed E-state index contributed by atoms with van der Waals surface area (Å²) in [5.74, 6) is 1.54. The molecule has 158 valence electrons. The first-order valence-corrected chi connectivity index (χ1v) is 11.1. The zero-order valence-electron chi connectivity index (χ0n) is 17.1. The molecule has 0 saturated heterocycles. The lowest BCUT2D eigenvalue weighted by Gasteiger charge is -2.10. The molecule has 1 N–H and O–H groups in total. The van der Waals surface area contributed by atoms with E-state index in [1.54, 1.807) is 6.26 Å². The molecular weight excluding hydrogens is 432 g/mol. The van der Waals surface area contributed by atoms with Crippen molar-refractivity contribution in [1.82, 2.24) is 14.8 Å². The molecule has 4 rings (SSSR count). The second-order valence-electron chi connectivity index (χ2n) is 7.14. The zero-order chi connectivity index (χ0) is 21.8. The summed E-state index contributed by atoms with van der Waals surface area (Å²) in [7, 11) is 0. The summed E-state index contributed by atoms with van der Waals surface area (Å²) in [5.41, 5.74) is 3.85. The number of amides is 1. The summed E-state index contributed by atoms with van der Waals surface area (Å²) < 4.78 is 7.44. The van der Waals surface area contributed by atoms with Crippen LogP contribution in [0.5, 0.6) is 0 Å². The molecule has 0 aliphatic carbocycles. The van der Waals surface area contributed by atoms with Crippen LogP contribution >= 0.6 is 23.4 Å². The Morgan fingerprint density at radius 2 is 2.00 bits per heavy atom. The van der Waals surface area contributed by atoms with Gasteiger partial charge in [0.05, 0.1) is 18.6 Å². The standard InChI is InChI=1S/C23H21ClN4O2S/c1-15-8-9-20(16(2)11-15)25-21(29)14-31-23-27-26-22(17-5-3-6-18(24)12-17)28(23)13-19-7-4-10-30-19/h3-12H,13-14H2,1-2H3,(H,25,29). The quantitative estimate of drug-likeness (QED) is 0.370. The van der Waals surface area contributed by atoms with E-state index in [2.05, 4.69) is 15.5 Å². The summed E-state index contributed by atoms with van der Waals surface area (Å²) in [4.78, 5) is 12.5. The van der Waals surface area contributed by atoms with Crippen LogP contribution in [0.15, 0.2) is 70.4 Å². The number of halogens is 1. The number of nitrogens with zero attached hydrogens (tertiary/aromatic N) is 3. The molecule has 6 nitrogen and oxygen atoms in total. The molecule has 0 atom stereocenters. The van der Waals surface area contributed by atoms with Crippen LogP contribution < -0.4 is 5.32 Å². The van der Waals surface area contributed by atoms with E-state index in [1.807, 2.05) is 73.0 Å². The third-order valence-electron chi connectivity index (χ3n) is 4.68. The van der Waals surface area contributed by atoms with Gasteiger partial charge in [-0.15, -0.1) is 10.2 Å². The molecule has 1 amide bonds. The molecule has 0 bridgehead atoms. The Balaban J connectivity index is 1.54. The third-order valence-corrected chi connectivity index (χ3v) is 5.88. The predicted molar refractivity (Wildman–Crippen MR) is 124 cm³/mol. The van der Waals surface area contributed by atoms with Gasteiger partial charge in [-0.3, -0.25) is 9.36 Å². The fourth-order valence-electron chi connectivity index (χ4n) is 3.21. The van der Waals surface area contributed by atoms with Crippen LogP contribution in [0.25, 0.3) is 11.4 Å². The number of benzene rings is 2. The first kappa shape index (κ1) is 21.2. The molecule has 2 aromatic carbocycles. The lowest BCUT2D eigenvalue weighted by atomic mass is 10.1. The number of carbonyl (C=O) groups is 1. The normalized spacial score (nSPS) is 10.9. The van der Waals surface area contributed by atoms with Gasteiger partial charge >= 0.3 is 0 Å². The average molecular weight is 453 g/mol. The second-order valence-corrected chi connectivity index (χ2v) is 8.52. The minimum absolute atomic E-state index is 0.103. The number of hydrogen-bond acceptors (Lipinski definition) is 5. The molecule has 2 aromatic heterocycles. The highest BCUT2D eigenvalue weighted by Crippen LogP contribution is 2.27. The van der Waals surface area contributed by atoms with E-state index in [1.165, 1.54) is 11.8 Å². The zero-order valence-corrected chi connectivity index (χ0v) is 18.7. The lowest BCUT2D eigenvalue weighted by Crippen LogP contribution is -2.15. The average Bonchev–Trinajstić information content (AvgIpc) is 3.39. The van der Waals surface area contributed by atoms with E-state index in [0.29, 0.717) is 22.5 Å². The van der Waals surface area contributed by atoms with Crippen molar-refractivity contribution in [2.24, 2.45) is 0 Å². The summed E-state index contributed by atoms with van der Waals surface area (Å²) in [6.07, 6.45) is 1.63. The van der Waals surface area contributed by atoms with Crippen molar-refractivity contribution < 1.29 is 9.21 Å². The van der Waals surface area contributed by atoms with E-state index >= 15 is 0 Å². The number of aryl methyl sites for hydroxylation is 2. The smallest absolute Gasteiger partial charge is 0.234 e. The van der Waals surface area contributed by atoms with Gasteiger partial charge in [-0.25, -0.2) is 0 Å². The van der Waals surface area contributed by atoms with Crippen LogP contribution in [-0.2, 0) is 11.3 Å². The number of furan rings is 1. The van der Waals surface area contributed by atoms with Crippen molar-refractivity contribution in [1.29, 1.82) is 0 Å². The number of nitrogens with one attached hydrogen (secondary N) is 1. The van der Waals surface area contributed by atoms with Gasteiger partial charge in [0.1, 0.15) is 5.76 Å². The number of aromatic nitrogens is 3. The summed E-state index contributed by atoms with van der Waals surface area (Å²) >= 11 is 7.49. The first-order chi connectivity index (χ1) is 15.0.